The van der Waals surface area contributed by atoms with Crippen LogP contribution in [0.4, 0.5) is 0 Å². The molecule has 122 valence electrons. The van der Waals surface area contributed by atoms with E-state index in [9.17, 15) is 4.79 Å². The van der Waals surface area contributed by atoms with Gasteiger partial charge in [-0.05, 0) is 49.9 Å². The number of thioether (sulfide) groups is 1. The summed E-state index contributed by atoms with van der Waals surface area (Å²) in [5, 5.41) is 12.9. The number of nitrogens with one attached hydrogen (secondary N) is 1. The zero-order chi connectivity index (χ0) is 16.2. The maximum Gasteiger partial charge on any atom is 0.230 e. The standard InChI is InChI=1S/C16H19ClN4OS/c1-2-21-15(12-5-7-13(17)8-6-12)19-20-16(21)23-10-14(22)18-9-11-3-4-11/h5-8,11H,2-4,9-10H2,1H3,(H,18,22). The number of carbonyl (C=O) groups excluding carboxylic acids is 1. The monoisotopic (exact) mass is 350 g/mol. The first-order valence-electron chi connectivity index (χ1n) is 7.76. The van der Waals surface area contributed by atoms with Crippen LogP contribution in [0, 0.1) is 5.92 Å². The molecule has 5 nitrogen and oxygen atoms in total. The zero-order valence-electron chi connectivity index (χ0n) is 13.0. The summed E-state index contributed by atoms with van der Waals surface area (Å²) >= 11 is 7.35. The number of carbonyl (C=O) groups is 1. The molecule has 0 spiro atoms. The fourth-order valence-electron chi connectivity index (χ4n) is 2.25. The lowest BCUT2D eigenvalue weighted by Gasteiger charge is -2.07. The number of hydrogen-bond acceptors (Lipinski definition) is 4. The molecule has 0 aliphatic heterocycles. The van der Waals surface area contributed by atoms with Crippen LogP contribution in [0.25, 0.3) is 11.4 Å². The second kappa shape index (κ2) is 7.36. The van der Waals surface area contributed by atoms with Gasteiger partial charge in [0, 0.05) is 23.7 Å². The fourth-order valence-corrected chi connectivity index (χ4v) is 3.21. The summed E-state index contributed by atoms with van der Waals surface area (Å²) < 4.78 is 2.02. The van der Waals surface area contributed by atoms with E-state index in [0.29, 0.717) is 16.7 Å². The van der Waals surface area contributed by atoms with Gasteiger partial charge in [0.1, 0.15) is 0 Å². The van der Waals surface area contributed by atoms with E-state index in [4.69, 9.17) is 11.6 Å². The highest BCUT2D eigenvalue weighted by Crippen LogP contribution is 2.28. The van der Waals surface area contributed by atoms with E-state index in [1.807, 2.05) is 35.8 Å². The van der Waals surface area contributed by atoms with Crippen molar-refractivity contribution in [1.29, 1.82) is 0 Å². The second-order valence-corrected chi connectivity index (χ2v) is 6.97. The van der Waals surface area contributed by atoms with Gasteiger partial charge in [0.2, 0.25) is 5.91 Å². The summed E-state index contributed by atoms with van der Waals surface area (Å²) in [6.45, 7) is 3.59. The highest BCUT2D eigenvalue weighted by molar-refractivity contribution is 7.99. The molecule has 1 aromatic carbocycles. The van der Waals surface area contributed by atoms with E-state index >= 15 is 0 Å². The van der Waals surface area contributed by atoms with Gasteiger partial charge in [0.05, 0.1) is 5.75 Å². The summed E-state index contributed by atoms with van der Waals surface area (Å²) in [4.78, 5) is 11.9. The van der Waals surface area contributed by atoms with Gasteiger partial charge in [0.15, 0.2) is 11.0 Å². The quantitative estimate of drug-likeness (QED) is 0.779. The molecule has 1 N–H and O–H groups in total. The number of nitrogens with zero attached hydrogens (tertiary/aromatic N) is 3. The number of hydrogen-bond donors (Lipinski definition) is 1. The number of aromatic nitrogens is 3. The molecule has 1 fully saturated rings. The highest BCUT2D eigenvalue weighted by atomic mass is 35.5. The van der Waals surface area contributed by atoms with E-state index in [1.165, 1.54) is 24.6 Å². The fraction of sp³-hybridized carbons (Fsp3) is 0.438. The lowest BCUT2D eigenvalue weighted by atomic mass is 10.2. The average Bonchev–Trinajstić information content (AvgIpc) is 3.30. The zero-order valence-corrected chi connectivity index (χ0v) is 14.5. The minimum Gasteiger partial charge on any atom is -0.355 e. The van der Waals surface area contributed by atoms with Crippen LogP contribution in [0.2, 0.25) is 5.02 Å². The van der Waals surface area contributed by atoms with Crippen molar-refractivity contribution in [3.05, 3.63) is 29.3 Å². The second-order valence-electron chi connectivity index (χ2n) is 5.59. The first-order chi connectivity index (χ1) is 11.2. The van der Waals surface area contributed by atoms with E-state index in [2.05, 4.69) is 15.5 Å². The van der Waals surface area contributed by atoms with Crippen LogP contribution in [-0.2, 0) is 11.3 Å². The Hall–Kier alpha value is -1.53. The highest BCUT2D eigenvalue weighted by Gasteiger charge is 2.22. The Labute approximate surface area is 144 Å². The summed E-state index contributed by atoms with van der Waals surface area (Å²) in [6.07, 6.45) is 2.48. The van der Waals surface area contributed by atoms with Crippen molar-refractivity contribution in [2.24, 2.45) is 5.92 Å². The van der Waals surface area contributed by atoms with Gasteiger partial charge in [-0.3, -0.25) is 4.79 Å². The summed E-state index contributed by atoms with van der Waals surface area (Å²) in [5.41, 5.74) is 0.966. The molecule has 1 amide bonds. The van der Waals surface area contributed by atoms with E-state index in [0.717, 1.165) is 29.6 Å². The smallest absolute Gasteiger partial charge is 0.230 e. The van der Waals surface area contributed by atoms with Crippen LogP contribution in [0.15, 0.2) is 29.4 Å². The van der Waals surface area contributed by atoms with Crippen molar-refractivity contribution in [1.82, 2.24) is 20.1 Å². The molecule has 1 heterocycles. The molecular weight excluding hydrogens is 332 g/mol. The van der Waals surface area contributed by atoms with Gasteiger partial charge in [-0.25, -0.2) is 0 Å². The Morgan fingerprint density at radius 2 is 2.09 bits per heavy atom. The SMILES string of the molecule is CCn1c(SCC(=O)NCC2CC2)nnc1-c1ccc(Cl)cc1. The van der Waals surface area contributed by atoms with Crippen molar-refractivity contribution in [3.8, 4) is 11.4 Å². The van der Waals surface area contributed by atoms with Gasteiger partial charge in [0.25, 0.3) is 0 Å². The number of benzene rings is 1. The van der Waals surface area contributed by atoms with Crippen LogP contribution >= 0.6 is 23.4 Å². The predicted octanol–water partition coefficient (Wildman–Crippen LogP) is 3.24. The van der Waals surface area contributed by atoms with Crippen molar-refractivity contribution in [2.75, 3.05) is 12.3 Å². The van der Waals surface area contributed by atoms with Crippen molar-refractivity contribution in [2.45, 2.75) is 31.5 Å². The molecule has 7 heteroatoms. The molecule has 0 radical (unpaired) electrons. The Morgan fingerprint density at radius 1 is 1.35 bits per heavy atom. The summed E-state index contributed by atoms with van der Waals surface area (Å²) in [6, 6.07) is 7.53. The molecule has 3 rings (SSSR count). The molecule has 1 aromatic heterocycles. The van der Waals surface area contributed by atoms with Gasteiger partial charge in [-0.1, -0.05) is 23.4 Å². The molecule has 1 aliphatic carbocycles. The molecule has 0 bridgehead atoms. The molecule has 0 unspecified atom stereocenters. The molecule has 0 saturated heterocycles. The molecule has 1 aliphatic rings. The Kier molecular flexibility index (Phi) is 5.23. The van der Waals surface area contributed by atoms with E-state index < -0.39 is 0 Å². The molecule has 23 heavy (non-hydrogen) atoms. The maximum absolute atomic E-state index is 11.9. The third-order valence-electron chi connectivity index (χ3n) is 3.75. The average molecular weight is 351 g/mol. The largest absolute Gasteiger partial charge is 0.355 e. The number of halogens is 1. The molecular formula is C16H19ClN4OS. The van der Waals surface area contributed by atoms with Gasteiger partial charge < -0.3 is 9.88 Å². The molecule has 0 atom stereocenters. The summed E-state index contributed by atoms with van der Waals surface area (Å²) in [5.74, 6) is 1.91. The van der Waals surface area contributed by atoms with Crippen LogP contribution in [0.5, 0.6) is 0 Å². The summed E-state index contributed by atoms with van der Waals surface area (Å²) in [7, 11) is 0. The Bertz CT molecular complexity index is 682. The first kappa shape index (κ1) is 16.3. The number of amides is 1. The van der Waals surface area contributed by atoms with E-state index in [1.54, 1.807) is 0 Å². The number of rotatable bonds is 7. The van der Waals surface area contributed by atoms with Crippen LogP contribution in [-0.4, -0.2) is 33.0 Å². The first-order valence-corrected chi connectivity index (χ1v) is 9.12. The minimum absolute atomic E-state index is 0.0561. The van der Waals surface area contributed by atoms with Gasteiger partial charge in [-0.2, -0.15) is 0 Å². The maximum atomic E-state index is 11.9. The van der Waals surface area contributed by atoms with Gasteiger partial charge >= 0.3 is 0 Å². The predicted molar refractivity (Wildman–Crippen MR) is 92.6 cm³/mol. The third kappa shape index (κ3) is 4.26. The van der Waals surface area contributed by atoms with Crippen molar-refractivity contribution < 1.29 is 4.79 Å². The van der Waals surface area contributed by atoms with Gasteiger partial charge in [-0.15, -0.1) is 10.2 Å². The third-order valence-corrected chi connectivity index (χ3v) is 4.97. The Morgan fingerprint density at radius 3 is 2.74 bits per heavy atom. The lowest BCUT2D eigenvalue weighted by molar-refractivity contribution is -0.118. The van der Waals surface area contributed by atoms with Crippen molar-refractivity contribution in [3.63, 3.8) is 0 Å². The lowest BCUT2D eigenvalue weighted by Crippen LogP contribution is -2.27. The van der Waals surface area contributed by atoms with Crippen LogP contribution < -0.4 is 5.32 Å². The van der Waals surface area contributed by atoms with E-state index in [-0.39, 0.29) is 5.91 Å². The minimum atomic E-state index is 0.0561. The molecule has 1 saturated carbocycles. The van der Waals surface area contributed by atoms with Crippen LogP contribution in [0.3, 0.4) is 0 Å². The van der Waals surface area contributed by atoms with Crippen molar-refractivity contribution >= 4 is 29.3 Å². The van der Waals surface area contributed by atoms with Crippen LogP contribution in [0.1, 0.15) is 19.8 Å². The Balaban J connectivity index is 1.65. The normalized spacial score (nSPS) is 14.0. The topological polar surface area (TPSA) is 59.8 Å². The molecule has 2 aromatic rings.